The van der Waals surface area contributed by atoms with Crippen LogP contribution in [0.5, 0.6) is 0 Å². The second-order valence-electron chi connectivity index (χ2n) is 4.36. The summed E-state index contributed by atoms with van der Waals surface area (Å²) in [5.41, 5.74) is 2.62. The first kappa shape index (κ1) is 12.6. The highest BCUT2D eigenvalue weighted by atomic mass is 79.9. The number of hydrogen-bond donors (Lipinski definition) is 2. The normalized spacial score (nSPS) is 17.9. The highest BCUT2D eigenvalue weighted by Gasteiger charge is 2.23. The molecule has 0 aliphatic heterocycles. The molecule has 92 valence electrons. The molecule has 3 nitrogen and oxygen atoms in total. The molecule has 0 radical (unpaired) electrons. The smallest absolute Gasteiger partial charge is 0.221 e. The van der Waals surface area contributed by atoms with E-state index in [9.17, 15) is 4.79 Å². The third-order valence-electron chi connectivity index (χ3n) is 3.12. The number of benzene rings is 1. The number of rotatable bonds is 4. The van der Waals surface area contributed by atoms with Crippen LogP contribution in [0.1, 0.15) is 30.0 Å². The van der Waals surface area contributed by atoms with Gasteiger partial charge in [-0.15, -0.1) is 0 Å². The number of amides is 1. The van der Waals surface area contributed by atoms with Gasteiger partial charge < -0.3 is 10.6 Å². The third kappa shape index (κ3) is 3.07. The summed E-state index contributed by atoms with van der Waals surface area (Å²) < 4.78 is 1.11. The standard InChI is InChI=1S/C13H17BrN2O/c1-15-7-6-13(17)16-12-5-2-9-8-10(14)3-4-11(9)12/h3-4,8,12,15H,2,5-7H2,1H3,(H,16,17). The zero-order valence-electron chi connectivity index (χ0n) is 9.92. The average Bonchev–Trinajstić information content (AvgIpc) is 2.69. The fourth-order valence-corrected chi connectivity index (χ4v) is 2.65. The Kier molecular flexibility index (Phi) is 4.18. The quantitative estimate of drug-likeness (QED) is 0.894. The summed E-state index contributed by atoms with van der Waals surface area (Å²) in [6.45, 7) is 0.728. The van der Waals surface area contributed by atoms with Gasteiger partial charge >= 0.3 is 0 Å². The first-order chi connectivity index (χ1) is 8.20. The van der Waals surface area contributed by atoms with Gasteiger partial charge in [-0.1, -0.05) is 22.0 Å². The van der Waals surface area contributed by atoms with Crippen LogP contribution < -0.4 is 10.6 Å². The van der Waals surface area contributed by atoms with Crippen LogP contribution in [0.2, 0.25) is 0 Å². The Bertz CT molecular complexity index is 420. The van der Waals surface area contributed by atoms with E-state index in [1.165, 1.54) is 11.1 Å². The van der Waals surface area contributed by atoms with Crippen LogP contribution in [0.4, 0.5) is 0 Å². The molecule has 4 heteroatoms. The van der Waals surface area contributed by atoms with Crippen LogP contribution in [-0.2, 0) is 11.2 Å². The average molecular weight is 297 g/mol. The minimum Gasteiger partial charge on any atom is -0.349 e. The number of nitrogens with one attached hydrogen (secondary N) is 2. The zero-order valence-corrected chi connectivity index (χ0v) is 11.5. The SMILES string of the molecule is CNCCC(=O)NC1CCc2cc(Br)ccc21. The molecule has 2 rings (SSSR count). The number of fused-ring (bicyclic) bond motifs is 1. The van der Waals surface area contributed by atoms with E-state index in [-0.39, 0.29) is 11.9 Å². The van der Waals surface area contributed by atoms with Crippen LogP contribution in [0.15, 0.2) is 22.7 Å². The molecule has 17 heavy (non-hydrogen) atoms. The highest BCUT2D eigenvalue weighted by Crippen LogP contribution is 2.32. The topological polar surface area (TPSA) is 41.1 Å². The zero-order chi connectivity index (χ0) is 12.3. The summed E-state index contributed by atoms with van der Waals surface area (Å²) in [6.07, 6.45) is 2.60. The molecule has 1 aliphatic rings. The van der Waals surface area contributed by atoms with Crippen molar-refractivity contribution in [2.24, 2.45) is 0 Å². The molecule has 1 aliphatic carbocycles. The Morgan fingerprint density at radius 2 is 2.35 bits per heavy atom. The maximum Gasteiger partial charge on any atom is 0.221 e. The van der Waals surface area contributed by atoms with Gasteiger partial charge in [-0.3, -0.25) is 4.79 Å². The first-order valence-corrected chi connectivity index (χ1v) is 6.72. The predicted molar refractivity (Wildman–Crippen MR) is 71.9 cm³/mol. The summed E-state index contributed by atoms with van der Waals surface area (Å²) in [5.74, 6) is 0.125. The molecular weight excluding hydrogens is 280 g/mol. The maximum absolute atomic E-state index is 11.7. The van der Waals surface area contributed by atoms with Gasteiger partial charge in [-0.2, -0.15) is 0 Å². The molecule has 0 saturated heterocycles. The van der Waals surface area contributed by atoms with Gasteiger partial charge in [0.15, 0.2) is 0 Å². The lowest BCUT2D eigenvalue weighted by Gasteiger charge is -2.14. The van der Waals surface area contributed by atoms with Crippen molar-refractivity contribution in [2.75, 3.05) is 13.6 Å². The van der Waals surface area contributed by atoms with Gasteiger partial charge in [-0.05, 0) is 43.1 Å². The lowest BCUT2D eigenvalue weighted by atomic mass is 10.1. The van der Waals surface area contributed by atoms with Crippen molar-refractivity contribution in [3.05, 3.63) is 33.8 Å². The minimum atomic E-state index is 0.125. The molecule has 1 aromatic rings. The number of carbonyl (C=O) groups excluding carboxylic acids is 1. The van der Waals surface area contributed by atoms with Crippen molar-refractivity contribution in [2.45, 2.75) is 25.3 Å². The van der Waals surface area contributed by atoms with Gasteiger partial charge in [0.25, 0.3) is 0 Å². The molecule has 0 saturated carbocycles. The number of halogens is 1. The van der Waals surface area contributed by atoms with Crippen LogP contribution in [0, 0.1) is 0 Å². The molecule has 0 spiro atoms. The second-order valence-corrected chi connectivity index (χ2v) is 5.27. The van der Waals surface area contributed by atoms with Crippen molar-refractivity contribution in [1.82, 2.24) is 10.6 Å². The Morgan fingerprint density at radius 3 is 3.12 bits per heavy atom. The molecule has 1 unspecified atom stereocenters. The summed E-state index contributed by atoms with van der Waals surface area (Å²) >= 11 is 3.47. The lowest BCUT2D eigenvalue weighted by Crippen LogP contribution is -2.29. The largest absolute Gasteiger partial charge is 0.349 e. The van der Waals surface area contributed by atoms with Crippen LogP contribution in [-0.4, -0.2) is 19.5 Å². The highest BCUT2D eigenvalue weighted by molar-refractivity contribution is 9.10. The Hall–Kier alpha value is -0.870. The lowest BCUT2D eigenvalue weighted by molar-refractivity contribution is -0.121. The van der Waals surface area contributed by atoms with Crippen molar-refractivity contribution in [3.8, 4) is 0 Å². The van der Waals surface area contributed by atoms with E-state index in [0.717, 1.165) is 23.9 Å². The van der Waals surface area contributed by atoms with E-state index in [2.05, 4.69) is 38.7 Å². The van der Waals surface area contributed by atoms with Crippen molar-refractivity contribution in [1.29, 1.82) is 0 Å². The van der Waals surface area contributed by atoms with E-state index < -0.39 is 0 Å². The molecule has 0 bridgehead atoms. The maximum atomic E-state index is 11.7. The first-order valence-electron chi connectivity index (χ1n) is 5.93. The van der Waals surface area contributed by atoms with Crippen LogP contribution >= 0.6 is 15.9 Å². The van der Waals surface area contributed by atoms with Crippen LogP contribution in [0.3, 0.4) is 0 Å². The summed E-state index contributed by atoms with van der Waals surface area (Å²) in [7, 11) is 1.86. The van der Waals surface area contributed by atoms with E-state index >= 15 is 0 Å². The Labute approximate surface area is 110 Å². The van der Waals surface area contributed by atoms with Gasteiger partial charge in [0.2, 0.25) is 5.91 Å². The van der Waals surface area contributed by atoms with Crippen molar-refractivity contribution in [3.63, 3.8) is 0 Å². The molecule has 0 heterocycles. The predicted octanol–water partition coefficient (Wildman–Crippen LogP) is 2.16. The number of carbonyl (C=O) groups is 1. The van der Waals surface area contributed by atoms with Crippen LogP contribution in [0.25, 0.3) is 0 Å². The fourth-order valence-electron chi connectivity index (χ4n) is 2.24. The van der Waals surface area contributed by atoms with Gasteiger partial charge in [-0.25, -0.2) is 0 Å². The van der Waals surface area contributed by atoms with Gasteiger partial charge in [0.05, 0.1) is 6.04 Å². The monoisotopic (exact) mass is 296 g/mol. The number of aryl methyl sites for hydroxylation is 1. The Morgan fingerprint density at radius 1 is 1.53 bits per heavy atom. The fraction of sp³-hybridized carbons (Fsp3) is 0.462. The van der Waals surface area contributed by atoms with Gasteiger partial charge in [0.1, 0.15) is 0 Å². The van der Waals surface area contributed by atoms with E-state index in [0.29, 0.717) is 6.42 Å². The number of hydrogen-bond acceptors (Lipinski definition) is 2. The van der Waals surface area contributed by atoms with Crippen molar-refractivity contribution < 1.29 is 4.79 Å². The Balaban J connectivity index is 2.00. The van der Waals surface area contributed by atoms with Crippen molar-refractivity contribution >= 4 is 21.8 Å². The molecular formula is C13H17BrN2O. The molecule has 0 fully saturated rings. The van der Waals surface area contributed by atoms with E-state index in [1.54, 1.807) is 0 Å². The summed E-state index contributed by atoms with van der Waals surface area (Å²) in [5, 5.41) is 6.08. The summed E-state index contributed by atoms with van der Waals surface area (Å²) in [4.78, 5) is 11.7. The molecule has 0 aromatic heterocycles. The minimum absolute atomic E-state index is 0.125. The second kappa shape index (κ2) is 5.65. The van der Waals surface area contributed by atoms with Gasteiger partial charge in [0, 0.05) is 17.4 Å². The van der Waals surface area contributed by atoms with E-state index in [4.69, 9.17) is 0 Å². The third-order valence-corrected chi connectivity index (χ3v) is 3.61. The molecule has 1 atom stereocenters. The molecule has 1 aromatic carbocycles. The molecule has 1 amide bonds. The van der Waals surface area contributed by atoms with E-state index in [1.807, 2.05) is 13.1 Å². The molecule has 2 N–H and O–H groups in total. The summed E-state index contributed by atoms with van der Waals surface area (Å²) in [6, 6.07) is 6.49.